The van der Waals surface area contributed by atoms with Crippen LogP contribution in [-0.4, -0.2) is 35.9 Å². The Kier molecular flexibility index (Phi) is 6.05. The molecule has 2 N–H and O–H groups in total. The van der Waals surface area contributed by atoms with Crippen molar-refractivity contribution in [3.05, 3.63) is 77.9 Å². The van der Waals surface area contributed by atoms with E-state index in [1.807, 2.05) is 80.6 Å². The van der Waals surface area contributed by atoms with Crippen LogP contribution in [0.4, 0.5) is 4.79 Å². The molecular weight excluding hydrogens is 418 g/mol. The Bertz CT molecular complexity index is 1210. The summed E-state index contributed by atoms with van der Waals surface area (Å²) in [6.45, 7) is 5.65. The number of imide groups is 1. The van der Waals surface area contributed by atoms with Gasteiger partial charge in [-0.3, -0.25) is 14.5 Å². The van der Waals surface area contributed by atoms with Crippen molar-refractivity contribution < 1.29 is 19.1 Å². The average Bonchev–Trinajstić information content (AvgIpc) is 3.03. The Morgan fingerprint density at radius 2 is 1.76 bits per heavy atom. The molecule has 2 unspecified atom stereocenters. The number of urea groups is 1. The van der Waals surface area contributed by atoms with Crippen molar-refractivity contribution >= 4 is 28.6 Å². The van der Waals surface area contributed by atoms with Crippen molar-refractivity contribution in [3.8, 4) is 5.75 Å². The van der Waals surface area contributed by atoms with Crippen molar-refractivity contribution in [1.29, 1.82) is 0 Å². The van der Waals surface area contributed by atoms with E-state index in [9.17, 15) is 14.4 Å². The van der Waals surface area contributed by atoms with Gasteiger partial charge in [-0.25, -0.2) is 4.79 Å². The molecule has 3 aromatic carbocycles. The van der Waals surface area contributed by atoms with Crippen molar-refractivity contribution in [3.63, 3.8) is 0 Å². The van der Waals surface area contributed by atoms with E-state index in [1.165, 1.54) is 0 Å². The van der Waals surface area contributed by atoms with Crippen molar-refractivity contribution in [2.75, 3.05) is 13.2 Å². The van der Waals surface area contributed by atoms with Crippen molar-refractivity contribution in [2.24, 2.45) is 0 Å². The van der Waals surface area contributed by atoms with Crippen molar-refractivity contribution in [2.45, 2.75) is 32.4 Å². The van der Waals surface area contributed by atoms with E-state index in [-0.39, 0.29) is 12.6 Å². The van der Waals surface area contributed by atoms with Gasteiger partial charge in [-0.2, -0.15) is 0 Å². The number of carbonyl (C=O) groups is 3. The van der Waals surface area contributed by atoms with Gasteiger partial charge in [0.2, 0.25) is 5.91 Å². The van der Waals surface area contributed by atoms with Crippen LogP contribution in [0.25, 0.3) is 10.8 Å². The minimum atomic E-state index is -1.23. The molecule has 170 valence electrons. The molecule has 0 aromatic heterocycles. The van der Waals surface area contributed by atoms with E-state index in [0.717, 1.165) is 27.0 Å². The van der Waals surface area contributed by atoms with Gasteiger partial charge < -0.3 is 15.4 Å². The highest BCUT2D eigenvalue weighted by Crippen LogP contribution is 2.31. The second-order valence-corrected chi connectivity index (χ2v) is 8.30. The molecule has 0 aliphatic carbocycles. The van der Waals surface area contributed by atoms with Crippen LogP contribution in [0.15, 0.2) is 66.7 Å². The first-order valence-corrected chi connectivity index (χ1v) is 11.0. The molecule has 0 radical (unpaired) electrons. The normalized spacial score (nSPS) is 18.8. The maximum atomic E-state index is 13.2. The molecule has 7 heteroatoms. The van der Waals surface area contributed by atoms with Crippen LogP contribution in [0.3, 0.4) is 0 Å². The molecule has 0 spiro atoms. The number of ether oxygens (including phenoxy) is 1. The van der Waals surface area contributed by atoms with Gasteiger partial charge in [0.1, 0.15) is 17.8 Å². The summed E-state index contributed by atoms with van der Waals surface area (Å²) in [7, 11) is 0. The third-order valence-corrected chi connectivity index (χ3v) is 5.97. The Labute approximate surface area is 192 Å². The Morgan fingerprint density at radius 3 is 2.45 bits per heavy atom. The van der Waals surface area contributed by atoms with Crippen LogP contribution in [-0.2, 0) is 15.1 Å². The lowest BCUT2D eigenvalue weighted by molar-refractivity contribution is -0.135. The predicted octanol–water partition coefficient (Wildman–Crippen LogP) is 3.88. The summed E-state index contributed by atoms with van der Waals surface area (Å²) in [6, 6.07) is 20.0. The molecule has 1 fully saturated rings. The minimum Gasteiger partial charge on any atom is -0.494 e. The average molecular weight is 446 g/mol. The Hall–Kier alpha value is -3.87. The number of rotatable bonds is 7. The lowest BCUT2D eigenvalue weighted by Gasteiger charge is -2.23. The largest absolute Gasteiger partial charge is 0.494 e. The van der Waals surface area contributed by atoms with Crippen LogP contribution in [0.2, 0.25) is 0 Å². The number of nitrogens with one attached hydrogen (secondary N) is 2. The quantitative estimate of drug-likeness (QED) is 0.540. The molecule has 2 atom stereocenters. The summed E-state index contributed by atoms with van der Waals surface area (Å²) in [6.07, 6.45) is 0. The summed E-state index contributed by atoms with van der Waals surface area (Å²) >= 11 is 0. The second-order valence-electron chi connectivity index (χ2n) is 8.30. The van der Waals surface area contributed by atoms with Crippen LogP contribution in [0.1, 0.15) is 37.9 Å². The molecule has 4 amide bonds. The molecule has 3 aromatic rings. The van der Waals surface area contributed by atoms with Gasteiger partial charge in [0.05, 0.1) is 12.6 Å². The number of amides is 4. The van der Waals surface area contributed by atoms with Gasteiger partial charge in [0.25, 0.3) is 5.91 Å². The molecule has 0 saturated carbocycles. The highest BCUT2D eigenvalue weighted by molar-refractivity contribution is 6.09. The zero-order valence-corrected chi connectivity index (χ0v) is 18.9. The molecule has 1 aliphatic rings. The maximum absolute atomic E-state index is 13.2. The molecular formula is C26H27N3O4. The minimum absolute atomic E-state index is 0.291. The van der Waals surface area contributed by atoms with Gasteiger partial charge in [-0.1, -0.05) is 48.5 Å². The highest BCUT2D eigenvalue weighted by atomic mass is 16.5. The molecule has 7 nitrogen and oxygen atoms in total. The third-order valence-electron chi connectivity index (χ3n) is 5.97. The number of hydrogen-bond acceptors (Lipinski definition) is 4. The van der Waals surface area contributed by atoms with Gasteiger partial charge >= 0.3 is 6.03 Å². The summed E-state index contributed by atoms with van der Waals surface area (Å²) in [5.74, 6) is -0.110. The Balaban J connectivity index is 1.45. The first-order chi connectivity index (χ1) is 15.8. The SMILES string of the molecule is CCOc1ccc(C(C)NC(=O)CN2C(=O)NC(C)(c3ccc4ccccc4c3)C2=O)cc1. The lowest BCUT2D eigenvalue weighted by atomic mass is 9.90. The predicted molar refractivity (Wildman–Crippen MR) is 126 cm³/mol. The zero-order valence-electron chi connectivity index (χ0n) is 18.9. The number of carbonyl (C=O) groups excluding carboxylic acids is 3. The van der Waals surface area contributed by atoms with Crippen molar-refractivity contribution in [1.82, 2.24) is 15.5 Å². The monoisotopic (exact) mass is 445 g/mol. The first-order valence-electron chi connectivity index (χ1n) is 11.0. The van der Waals surface area contributed by atoms with E-state index >= 15 is 0 Å². The number of hydrogen-bond donors (Lipinski definition) is 2. The highest BCUT2D eigenvalue weighted by Gasteiger charge is 2.49. The molecule has 1 heterocycles. The maximum Gasteiger partial charge on any atom is 0.325 e. The van der Waals surface area contributed by atoms with E-state index in [4.69, 9.17) is 4.74 Å². The van der Waals surface area contributed by atoms with Crippen LogP contribution < -0.4 is 15.4 Å². The third kappa shape index (κ3) is 4.39. The standard InChI is InChI=1S/C26H27N3O4/c1-4-33-22-13-10-18(11-14-22)17(2)27-23(30)16-29-24(31)26(3,28-25(29)32)21-12-9-19-7-5-6-8-20(19)15-21/h5-15,17H,4,16H2,1-3H3,(H,27,30)(H,28,32). The summed E-state index contributed by atoms with van der Waals surface area (Å²) in [5.41, 5.74) is 0.331. The van der Waals surface area contributed by atoms with Gasteiger partial charge in [-0.15, -0.1) is 0 Å². The van der Waals surface area contributed by atoms with Crippen LogP contribution in [0, 0.1) is 0 Å². The zero-order chi connectivity index (χ0) is 23.6. The molecule has 4 rings (SSSR count). The van der Waals surface area contributed by atoms with E-state index in [0.29, 0.717) is 12.2 Å². The molecule has 1 saturated heterocycles. The van der Waals surface area contributed by atoms with Gasteiger partial charge in [0.15, 0.2) is 0 Å². The number of fused-ring (bicyclic) bond motifs is 1. The van der Waals surface area contributed by atoms with Gasteiger partial charge in [-0.05, 0) is 60.9 Å². The van der Waals surface area contributed by atoms with Gasteiger partial charge in [0, 0.05) is 0 Å². The smallest absolute Gasteiger partial charge is 0.325 e. The fraction of sp³-hybridized carbons (Fsp3) is 0.269. The second kappa shape index (κ2) is 8.94. The molecule has 33 heavy (non-hydrogen) atoms. The summed E-state index contributed by atoms with van der Waals surface area (Å²) in [4.78, 5) is 39.5. The summed E-state index contributed by atoms with van der Waals surface area (Å²) in [5, 5.41) is 7.63. The topological polar surface area (TPSA) is 87.7 Å². The number of benzene rings is 3. The summed E-state index contributed by atoms with van der Waals surface area (Å²) < 4.78 is 5.44. The molecule has 0 bridgehead atoms. The van der Waals surface area contributed by atoms with E-state index < -0.39 is 23.4 Å². The van der Waals surface area contributed by atoms with E-state index in [2.05, 4.69) is 10.6 Å². The number of nitrogens with zero attached hydrogens (tertiary/aromatic N) is 1. The Morgan fingerprint density at radius 1 is 1.06 bits per heavy atom. The van der Waals surface area contributed by atoms with Crippen LogP contribution >= 0.6 is 0 Å². The fourth-order valence-corrected chi connectivity index (χ4v) is 4.07. The van der Waals surface area contributed by atoms with E-state index in [1.54, 1.807) is 6.92 Å². The first kappa shape index (κ1) is 22.3. The molecule has 1 aliphatic heterocycles. The van der Waals surface area contributed by atoms with Crippen LogP contribution in [0.5, 0.6) is 5.75 Å². The lowest BCUT2D eigenvalue weighted by Crippen LogP contribution is -2.43. The fourth-order valence-electron chi connectivity index (χ4n) is 4.07.